The van der Waals surface area contributed by atoms with E-state index in [1.165, 1.54) is 5.56 Å². The highest BCUT2D eigenvalue weighted by Crippen LogP contribution is 2.22. The summed E-state index contributed by atoms with van der Waals surface area (Å²) < 4.78 is 5.38. The first-order chi connectivity index (χ1) is 9.24. The van der Waals surface area contributed by atoms with E-state index in [9.17, 15) is 0 Å². The zero-order valence-corrected chi connectivity index (χ0v) is 12.5. The summed E-state index contributed by atoms with van der Waals surface area (Å²) in [4.78, 5) is 6.78. The van der Waals surface area contributed by atoms with Gasteiger partial charge in [-0.3, -0.25) is 4.90 Å². The van der Waals surface area contributed by atoms with E-state index in [0.717, 1.165) is 31.0 Å². The Labute approximate surface area is 124 Å². The third-order valence-electron chi connectivity index (χ3n) is 3.55. The Morgan fingerprint density at radius 3 is 2.75 bits per heavy atom. The second-order valence-corrected chi connectivity index (χ2v) is 5.02. The van der Waals surface area contributed by atoms with Crippen molar-refractivity contribution < 1.29 is 4.52 Å². The Hall–Kier alpha value is -1.43. The van der Waals surface area contributed by atoms with E-state index in [1.54, 1.807) is 0 Å². The van der Waals surface area contributed by atoms with Crippen LogP contribution in [-0.2, 0) is 0 Å². The molecule has 0 radical (unpaired) electrons. The van der Waals surface area contributed by atoms with Gasteiger partial charge in [0, 0.05) is 25.2 Å². The van der Waals surface area contributed by atoms with Gasteiger partial charge >= 0.3 is 0 Å². The quantitative estimate of drug-likeness (QED) is 0.919. The van der Waals surface area contributed by atoms with Gasteiger partial charge in [-0.05, 0) is 26.1 Å². The number of aryl methyl sites for hydroxylation is 1. The van der Waals surface area contributed by atoms with Gasteiger partial charge in [-0.25, -0.2) is 0 Å². The minimum atomic E-state index is 0. The lowest BCUT2D eigenvalue weighted by molar-refractivity contribution is 0.190. The predicted octanol–water partition coefficient (Wildman–Crippen LogP) is 2.04. The predicted molar refractivity (Wildman–Crippen MR) is 80.0 cm³/mol. The second-order valence-electron chi connectivity index (χ2n) is 5.02. The Morgan fingerprint density at radius 1 is 1.30 bits per heavy atom. The molecule has 0 spiro atoms. The number of nitrogens with one attached hydrogen (secondary N) is 1. The summed E-state index contributed by atoms with van der Waals surface area (Å²) in [7, 11) is 2.09. The van der Waals surface area contributed by atoms with Crippen molar-refractivity contribution in [2.75, 3.05) is 26.7 Å². The monoisotopic (exact) mass is 294 g/mol. The van der Waals surface area contributed by atoms with Gasteiger partial charge in [-0.1, -0.05) is 22.9 Å². The summed E-state index contributed by atoms with van der Waals surface area (Å²) >= 11 is 0. The van der Waals surface area contributed by atoms with Gasteiger partial charge in [-0.2, -0.15) is 4.98 Å². The molecular weight excluding hydrogens is 276 g/mol. The number of aromatic nitrogens is 2. The lowest BCUT2D eigenvalue weighted by Crippen LogP contribution is -2.44. The number of nitrogens with zero attached hydrogens (tertiary/aromatic N) is 3. The molecule has 6 heteroatoms. The Kier molecular flexibility index (Phi) is 4.75. The molecule has 5 nitrogen and oxygen atoms in total. The average molecular weight is 295 g/mol. The van der Waals surface area contributed by atoms with Crippen LogP contribution in [0.15, 0.2) is 28.8 Å². The molecule has 1 atom stereocenters. The Morgan fingerprint density at radius 2 is 2.05 bits per heavy atom. The molecule has 108 valence electrons. The van der Waals surface area contributed by atoms with Gasteiger partial charge in [0.2, 0.25) is 0 Å². The molecule has 3 rings (SSSR count). The second kappa shape index (κ2) is 6.35. The Balaban J connectivity index is 0.00000147. The number of hydrogen-bond donors (Lipinski definition) is 1. The van der Waals surface area contributed by atoms with E-state index in [4.69, 9.17) is 4.52 Å². The van der Waals surface area contributed by atoms with Crippen LogP contribution >= 0.6 is 12.4 Å². The number of hydrogen-bond acceptors (Lipinski definition) is 5. The van der Waals surface area contributed by atoms with Crippen LogP contribution in [0, 0.1) is 6.92 Å². The molecule has 1 unspecified atom stereocenters. The van der Waals surface area contributed by atoms with E-state index < -0.39 is 0 Å². The van der Waals surface area contributed by atoms with Crippen molar-refractivity contribution in [3.05, 3.63) is 35.7 Å². The van der Waals surface area contributed by atoms with Gasteiger partial charge in [0.15, 0.2) is 5.82 Å². The number of halogens is 1. The fourth-order valence-electron chi connectivity index (χ4n) is 2.28. The maximum atomic E-state index is 5.38. The molecule has 20 heavy (non-hydrogen) atoms. The van der Waals surface area contributed by atoms with E-state index in [2.05, 4.69) is 34.3 Å². The smallest absolute Gasteiger partial charge is 0.257 e. The SMILES string of the molecule is Cc1ccc(-c2nc(C3CNCCN3C)no2)cc1.Cl. The standard InChI is InChI=1S/C14H18N4O.ClH/c1-10-3-5-11(6-4-10)14-16-13(17-19-14)12-9-15-7-8-18(12)2;/h3-6,12,15H,7-9H2,1-2H3;1H. The summed E-state index contributed by atoms with van der Waals surface area (Å²) in [5, 5.41) is 7.48. The molecule has 2 aromatic rings. The molecule has 1 aromatic heterocycles. The first kappa shape index (κ1) is 15.0. The molecule has 2 heterocycles. The molecule has 1 aromatic carbocycles. The maximum Gasteiger partial charge on any atom is 0.257 e. The molecule has 0 amide bonds. The van der Waals surface area contributed by atoms with Gasteiger partial charge in [0.05, 0.1) is 6.04 Å². The fourth-order valence-corrected chi connectivity index (χ4v) is 2.28. The van der Waals surface area contributed by atoms with Crippen molar-refractivity contribution in [3.8, 4) is 11.5 Å². The number of benzene rings is 1. The van der Waals surface area contributed by atoms with Crippen LogP contribution in [0.4, 0.5) is 0 Å². The topological polar surface area (TPSA) is 54.2 Å². The summed E-state index contributed by atoms with van der Waals surface area (Å²) in [6, 6.07) is 8.31. The lowest BCUT2D eigenvalue weighted by Gasteiger charge is -2.30. The lowest BCUT2D eigenvalue weighted by atomic mass is 10.1. The summed E-state index contributed by atoms with van der Waals surface area (Å²) in [5.74, 6) is 1.35. The van der Waals surface area contributed by atoms with Crippen LogP contribution < -0.4 is 5.32 Å². The van der Waals surface area contributed by atoms with Gasteiger partial charge < -0.3 is 9.84 Å². The van der Waals surface area contributed by atoms with Crippen LogP contribution in [0.25, 0.3) is 11.5 Å². The number of likely N-dealkylation sites (N-methyl/N-ethyl adjacent to an activating group) is 1. The summed E-state index contributed by atoms with van der Waals surface area (Å²) in [6.45, 7) is 4.93. The molecule has 0 bridgehead atoms. The summed E-state index contributed by atoms with van der Waals surface area (Å²) in [5.41, 5.74) is 2.19. The number of piperazine rings is 1. The van der Waals surface area contributed by atoms with Crippen LogP contribution in [-0.4, -0.2) is 41.7 Å². The molecule has 1 aliphatic rings. The third-order valence-corrected chi connectivity index (χ3v) is 3.55. The van der Waals surface area contributed by atoms with Crippen molar-refractivity contribution in [3.63, 3.8) is 0 Å². The van der Waals surface area contributed by atoms with E-state index in [1.807, 2.05) is 24.3 Å². The van der Waals surface area contributed by atoms with Crippen molar-refractivity contribution in [2.24, 2.45) is 0 Å². The van der Waals surface area contributed by atoms with Gasteiger partial charge in [0.1, 0.15) is 0 Å². The van der Waals surface area contributed by atoms with E-state index in [0.29, 0.717) is 5.89 Å². The zero-order valence-electron chi connectivity index (χ0n) is 11.7. The van der Waals surface area contributed by atoms with E-state index >= 15 is 0 Å². The van der Waals surface area contributed by atoms with Gasteiger partial charge in [0.25, 0.3) is 5.89 Å². The maximum absolute atomic E-state index is 5.38. The van der Waals surface area contributed by atoms with E-state index in [-0.39, 0.29) is 18.4 Å². The van der Waals surface area contributed by atoms with Crippen LogP contribution in [0.2, 0.25) is 0 Å². The minimum Gasteiger partial charge on any atom is -0.334 e. The van der Waals surface area contributed by atoms with Crippen molar-refractivity contribution in [1.29, 1.82) is 0 Å². The highest BCUT2D eigenvalue weighted by atomic mass is 35.5. The number of rotatable bonds is 2. The molecule has 0 aliphatic carbocycles. The largest absolute Gasteiger partial charge is 0.334 e. The highest BCUT2D eigenvalue weighted by Gasteiger charge is 2.25. The zero-order chi connectivity index (χ0) is 13.2. The van der Waals surface area contributed by atoms with Crippen LogP contribution in [0.1, 0.15) is 17.4 Å². The van der Waals surface area contributed by atoms with Gasteiger partial charge in [-0.15, -0.1) is 12.4 Å². The van der Waals surface area contributed by atoms with Crippen molar-refractivity contribution in [1.82, 2.24) is 20.4 Å². The van der Waals surface area contributed by atoms with Crippen molar-refractivity contribution in [2.45, 2.75) is 13.0 Å². The Bertz CT molecular complexity index is 555. The first-order valence-electron chi connectivity index (χ1n) is 6.55. The van der Waals surface area contributed by atoms with Crippen LogP contribution in [0.3, 0.4) is 0 Å². The molecule has 1 aliphatic heterocycles. The molecule has 0 saturated carbocycles. The highest BCUT2D eigenvalue weighted by molar-refractivity contribution is 5.85. The normalized spacial score (nSPS) is 19.6. The third kappa shape index (κ3) is 3.00. The molecule has 1 N–H and O–H groups in total. The van der Waals surface area contributed by atoms with Crippen molar-refractivity contribution >= 4 is 12.4 Å². The fraction of sp³-hybridized carbons (Fsp3) is 0.429. The van der Waals surface area contributed by atoms with Crippen LogP contribution in [0.5, 0.6) is 0 Å². The molecule has 1 fully saturated rings. The first-order valence-corrected chi connectivity index (χ1v) is 6.55. The molecule has 1 saturated heterocycles. The minimum absolute atomic E-state index is 0. The summed E-state index contributed by atoms with van der Waals surface area (Å²) in [6.07, 6.45) is 0. The molecular formula is C14H19ClN4O. The average Bonchev–Trinajstić information content (AvgIpc) is 2.89.